The molecule has 1 aliphatic heterocycles. The first-order valence-corrected chi connectivity index (χ1v) is 12.1. The highest BCUT2D eigenvalue weighted by atomic mass is 15.5. The maximum absolute atomic E-state index is 5.01. The number of aromatic nitrogens is 6. The van der Waals surface area contributed by atoms with Crippen molar-refractivity contribution in [1.29, 1.82) is 0 Å². The van der Waals surface area contributed by atoms with Crippen molar-refractivity contribution in [2.24, 2.45) is 0 Å². The van der Waals surface area contributed by atoms with Gasteiger partial charge in [-0.3, -0.25) is 4.90 Å². The van der Waals surface area contributed by atoms with Crippen LogP contribution in [0.2, 0.25) is 0 Å². The van der Waals surface area contributed by atoms with Crippen molar-refractivity contribution < 1.29 is 0 Å². The smallest absolute Gasteiger partial charge is 0.259 e. The van der Waals surface area contributed by atoms with Crippen molar-refractivity contribution >= 4 is 34.3 Å². The third-order valence-electron chi connectivity index (χ3n) is 6.26. The van der Waals surface area contributed by atoms with Crippen LogP contribution in [0.25, 0.3) is 17.0 Å². The second-order valence-electron chi connectivity index (χ2n) is 8.63. The summed E-state index contributed by atoms with van der Waals surface area (Å²) < 4.78 is 1.70. The van der Waals surface area contributed by atoms with Gasteiger partial charge in [0.1, 0.15) is 5.52 Å². The molecule has 8 heteroatoms. The lowest BCUT2D eigenvalue weighted by Gasteiger charge is -2.26. The highest BCUT2D eigenvalue weighted by molar-refractivity contribution is 5.76. The fourth-order valence-electron chi connectivity index (χ4n) is 4.50. The largest absolute Gasteiger partial charge is 0.341 e. The third kappa shape index (κ3) is 4.30. The van der Waals surface area contributed by atoms with Crippen LogP contribution in [0.4, 0.5) is 23.3 Å². The second-order valence-corrected chi connectivity index (χ2v) is 8.63. The number of nitrogens with zero attached hydrogens (tertiary/aromatic N) is 8. The van der Waals surface area contributed by atoms with Crippen molar-refractivity contribution in [3.63, 3.8) is 0 Å². The van der Waals surface area contributed by atoms with Crippen molar-refractivity contribution in [3.05, 3.63) is 84.9 Å². The molecule has 174 valence electrons. The highest BCUT2D eigenvalue weighted by Crippen LogP contribution is 2.33. The van der Waals surface area contributed by atoms with Crippen LogP contribution < -0.4 is 9.80 Å². The van der Waals surface area contributed by atoms with Gasteiger partial charge in [0.25, 0.3) is 5.95 Å². The van der Waals surface area contributed by atoms with E-state index >= 15 is 0 Å². The highest BCUT2D eigenvalue weighted by Gasteiger charge is 2.22. The van der Waals surface area contributed by atoms with Gasteiger partial charge >= 0.3 is 0 Å². The molecular formula is C27H26N8. The van der Waals surface area contributed by atoms with Crippen molar-refractivity contribution in [2.45, 2.75) is 25.7 Å². The lowest BCUT2D eigenvalue weighted by atomic mass is 10.2. The molecule has 8 nitrogen and oxygen atoms in total. The summed E-state index contributed by atoms with van der Waals surface area (Å²) in [5.74, 6) is 1.68. The summed E-state index contributed by atoms with van der Waals surface area (Å²) in [5, 5.41) is 8.72. The number of hydrogen-bond donors (Lipinski definition) is 0. The van der Waals surface area contributed by atoms with Gasteiger partial charge in [0.05, 0.1) is 5.52 Å². The molecule has 2 aromatic heterocycles. The molecule has 5 aromatic rings. The van der Waals surface area contributed by atoms with Crippen molar-refractivity contribution in [1.82, 2.24) is 29.9 Å². The Bertz CT molecular complexity index is 1370. The van der Waals surface area contributed by atoms with Crippen LogP contribution >= 0.6 is 0 Å². The van der Waals surface area contributed by atoms with Crippen LogP contribution in [0.5, 0.6) is 0 Å². The van der Waals surface area contributed by atoms with E-state index in [1.165, 1.54) is 12.8 Å². The molecule has 0 aliphatic carbocycles. The van der Waals surface area contributed by atoms with Gasteiger partial charge in [-0.1, -0.05) is 66.6 Å². The minimum Gasteiger partial charge on any atom is -0.341 e. The van der Waals surface area contributed by atoms with Gasteiger partial charge in [-0.2, -0.15) is 19.6 Å². The molecule has 0 spiro atoms. The maximum atomic E-state index is 5.01. The van der Waals surface area contributed by atoms with E-state index in [1.54, 1.807) is 4.68 Å². The summed E-state index contributed by atoms with van der Waals surface area (Å²) in [7, 11) is 0. The summed E-state index contributed by atoms with van der Waals surface area (Å²) >= 11 is 0. The lowest BCUT2D eigenvalue weighted by Crippen LogP contribution is -2.28. The van der Waals surface area contributed by atoms with Crippen LogP contribution in [0, 0.1) is 0 Å². The number of hydrogen-bond acceptors (Lipinski definition) is 7. The Morgan fingerprint density at radius 1 is 0.600 bits per heavy atom. The first-order chi connectivity index (χ1) is 17.4. The first-order valence-electron chi connectivity index (χ1n) is 12.1. The predicted octanol–water partition coefficient (Wildman–Crippen LogP) is 5.46. The SMILES string of the molecule is c1ccc(N(c2ccccc2)c2nc(N3CCCCCC3)nc(-n3nnc4ccccc43)n2)cc1. The number of fused-ring (bicyclic) bond motifs is 1. The average molecular weight is 463 g/mol. The Kier molecular flexibility index (Phi) is 5.76. The van der Waals surface area contributed by atoms with Crippen LogP contribution in [-0.2, 0) is 0 Å². The Labute approximate surface area is 203 Å². The molecule has 0 bridgehead atoms. The van der Waals surface area contributed by atoms with E-state index in [1.807, 2.05) is 60.7 Å². The van der Waals surface area contributed by atoms with Crippen LogP contribution in [0.1, 0.15) is 25.7 Å². The van der Waals surface area contributed by atoms with Gasteiger partial charge in [0, 0.05) is 24.5 Å². The topological polar surface area (TPSA) is 75.9 Å². The molecule has 1 saturated heterocycles. The molecule has 0 atom stereocenters. The summed E-state index contributed by atoms with van der Waals surface area (Å²) in [6, 6.07) is 28.2. The monoisotopic (exact) mass is 462 g/mol. The number of benzene rings is 3. The lowest BCUT2D eigenvalue weighted by molar-refractivity contribution is 0.726. The second kappa shape index (κ2) is 9.50. The molecule has 0 unspecified atom stereocenters. The van der Waals surface area contributed by atoms with Crippen LogP contribution in [0.15, 0.2) is 84.9 Å². The molecule has 0 saturated carbocycles. The number of anilines is 4. The molecule has 0 N–H and O–H groups in total. The quantitative estimate of drug-likeness (QED) is 0.343. The molecule has 35 heavy (non-hydrogen) atoms. The zero-order valence-corrected chi connectivity index (χ0v) is 19.4. The van der Waals surface area contributed by atoms with Crippen LogP contribution in [-0.4, -0.2) is 43.0 Å². The van der Waals surface area contributed by atoms with E-state index in [-0.39, 0.29) is 0 Å². The summed E-state index contributed by atoms with van der Waals surface area (Å²) in [4.78, 5) is 19.2. The van der Waals surface area contributed by atoms with E-state index in [9.17, 15) is 0 Å². The van der Waals surface area contributed by atoms with E-state index in [2.05, 4.69) is 44.4 Å². The summed E-state index contributed by atoms with van der Waals surface area (Å²) in [5.41, 5.74) is 3.61. The van der Waals surface area contributed by atoms with Crippen molar-refractivity contribution in [3.8, 4) is 5.95 Å². The number of rotatable bonds is 5. The van der Waals surface area contributed by atoms with Crippen molar-refractivity contribution in [2.75, 3.05) is 22.9 Å². The third-order valence-corrected chi connectivity index (χ3v) is 6.26. The molecule has 1 fully saturated rings. The minimum absolute atomic E-state index is 0.458. The fraction of sp³-hybridized carbons (Fsp3) is 0.222. The van der Waals surface area contributed by atoms with Gasteiger partial charge in [-0.25, -0.2) is 0 Å². The average Bonchev–Trinajstić information content (AvgIpc) is 3.16. The molecule has 1 aliphatic rings. The predicted molar refractivity (Wildman–Crippen MR) is 138 cm³/mol. The van der Waals surface area contributed by atoms with E-state index in [4.69, 9.17) is 15.0 Å². The Balaban J connectivity index is 1.55. The Hall–Kier alpha value is -4.33. The van der Waals surface area contributed by atoms with Gasteiger partial charge in [0.15, 0.2) is 0 Å². The van der Waals surface area contributed by atoms with Gasteiger partial charge in [0.2, 0.25) is 11.9 Å². The zero-order chi connectivity index (χ0) is 23.5. The fourth-order valence-corrected chi connectivity index (χ4v) is 4.50. The van der Waals surface area contributed by atoms with E-state index < -0.39 is 0 Å². The molecular weight excluding hydrogens is 436 g/mol. The molecule has 3 aromatic carbocycles. The molecule has 0 amide bonds. The Morgan fingerprint density at radius 3 is 1.89 bits per heavy atom. The maximum Gasteiger partial charge on any atom is 0.259 e. The first kappa shape index (κ1) is 21.2. The van der Waals surface area contributed by atoms with Gasteiger partial charge in [-0.15, -0.1) is 5.10 Å². The number of para-hydroxylation sites is 3. The minimum atomic E-state index is 0.458. The van der Waals surface area contributed by atoms with Gasteiger partial charge < -0.3 is 4.90 Å². The molecule has 3 heterocycles. The normalized spacial score (nSPS) is 14.1. The molecule has 6 rings (SSSR count). The van der Waals surface area contributed by atoms with E-state index in [0.717, 1.165) is 48.3 Å². The zero-order valence-electron chi connectivity index (χ0n) is 19.4. The Morgan fingerprint density at radius 2 is 1.20 bits per heavy atom. The summed E-state index contributed by atoms with van der Waals surface area (Å²) in [6.07, 6.45) is 4.72. The van der Waals surface area contributed by atoms with Gasteiger partial charge in [-0.05, 0) is 49.2 Å². The standard InChI is InChI=1S/C27H26N8/c1-2-12-20-33(19-11-1)25-28-26(30-27(29-25)35-24-18-10-9-17-23(24)31-32-35)34(21-13-5-3-6-14-21)22-15-7-4-8-16-22/h3-10,13-18H,1-2,11-12,19-20H2. The van der Waals surface area contributed by atoms with Crippen LogP contribution in [0.3, 0.4) is 0 Å². The van der Waals surface area contributed by atoms with E-state index in [0.29, 0.717) is 17.8 Å². The molecule has 0 radical (unpaired) electrons. The summed E-state index contributed by atoms with van der Waals surface area (Å²) in [6.45, 7) is 1.86.